The van der Waals surface area contributed by atoms with Gasteiger partial charge in [0.2, 0.25) is 0 Å². The van der Waals surface area contributed by atoms with Crippen molar-refractivity contribution in [1.82, 2.24) is 0 Å². The molecule has 0 rings (SSSR count). The largest absolute Gasteiger partial charge is 1.00 e. The van der Waals surface area contributed by atoms with E-state index >= 15 is 0 Å². The molecule has 0 bridgehead atoms. The molecule has 0 saturated carbocycles. The van der Waals surface area contributed by atoms with Gasteiger partial charge in [0.1, 0.15) is 0 Å². The van der Waals surface area contributed by atoms with Crippen LogP contribution in [0.5, 0.6) is 0 Å². The Hall–Kier alpha value is 0.135. The summed E-state index contributed by atoms with van der Waals surface area (Å²) in [5.41, 5.74) is -1.80. The molecule has 0 aromatic rings. The summed E-state index contributed by atoms with van der Waals surface area (Å²) in [7, 11) is 0. The Morgan fingerprint density at radius 3 is 0.906 bits per heavy atom. The van der Waals surface area contributed by atoms with E-state index in [1.807, 2.05) is 0 Å². The molecular formula is C26H48Li2O4. The van der Waals surface area contributed by atoms with Crippen LogP contribution in [-0.4, -0.2) is 11.9 Å². The quantitative estimate of drug-likeness (QED) is 0.125. The summed E-state index contributed by atoms with van der Waals surface area (Å²) in [6, 6.07) is 0. The summed E-state index contributed by atoms with van der Waals surface area (Å²) in [6.45, 7) is 4.42. The number of rotatable bonds is 23. The smallest absolute Gasteiger partial charge is 0.549 e. The molecular weight excluding hydrogens is 390 g/mol. The van der Waals surface area contributed by atoms with Gasteiger partial charge in [-0.3, -0.25) is 0 Å². The Bertz CT molecular complexity index is 416. The molecule has 0 atom stereocenters. The molecule has 0 radical (unpaired) electrons. The number of carboxylic acids is 2. The van der Waals surface area contributed by atoms with Gasteiger partial charge in [-0.15, -0.1) is 0 Å². The molecule has 4 nitrogen and oxygen atoms in total. The third kappa shape index (κ3) is 18.5. The van der Waals surface area contributed by atoms with Crippen LogP contribution in [0, 0.1) is 5.41 Å². The molecule has 0 heterocycles. The second kappa shape index (κ2) is 25.8. The summed E-state index contributed by atoms with van der Waals surface area (Å²) < 4.78 is 0. The van der Waals surface area contributed by atoms with Gasteiger partial charge >= 0.3 is 37.7 Å². The van der Waals surface area contributed by atoms with Crippen LogP contribution in [0.25, 0.3) is 0 Å². The van der Waals surface area contributed by atoms with Gasteiger partial charge in [0.15, 0.2) is 0 Å². The number of carboxylic acid groups (broad SMARTS) is 2. The van der Waals surface area contributed by atoms with Gasteiger partial charge < -0.3 is 19.8 Å². The van der Waals surface area contributed by atoms with Crippen LogP contribution in [0.3, 0.4) is 0 Å². The van der Waals surface area contributed by atoms with E-state index in [0.717, 1.165) is 38.5 Å². The van der Waals surface area contributed by atoms with Crippen LogP contribution in [0.1, 0.15) is 149 Å². The molecule has 0 aliphatic carbocycles. The van der Waals surface area contributed by atoms with Crippen LogP contribution < -0.4 is 47.9 Å². The number of carbonyl (C=O) groups excluding carboxylic acids is 2. The van der Waals surface area contributed by atoms with Gasteiger partial charge in [-0.1, -0.05) is 136 Å². The molecule has 0 saturated heterocycles. The van der Waals surface area contributed by atoms with Crippen LogP contribution >= 0.6 is 0 Å². The Kier molecular flexibility index (Phi) is 29.5. The maximum Gasteiger partial charge on any atom is 1.00 e. The molecule has 0 amide bonds. The summed E-state index contributed by atoms with van der Waals surface area (Å²) in [5, 5.41) is 23.4. The molecule has 0 aliphatic heterocycles. The van der Waals surface area contributed by atoms with E-state index in [2.05, 4.69) is 13.8 Å². The van der Waals surface area contributed by atoms with E-state index in [4.69, 9.17) is 0 Å². The van der Waals surface area contributed by atoms with Crippen molar-refractivity contribution in [1.29, 1.82) is 0 Å². The number of hydrogen-bond acceptors (Lipinski definition) is 4. The van der Waals surface area contributed by atoms with Crippen molar-refractivity contribution in [2.45, 2.75) is 149 Å². The minimum absolute atomic E-state index is 0. The van der Waals surface area contributed by atoms with Gasteiger partial charge in [0, 0.05) is 5.41 Å². The first-order valence-corrected chi connectivity index (χ1v) is 12.9. The van der Waals surface area contributed by atoms with Crippen molar-refractivity contribution < 1.29 is 57.5 Å². The molecule has 0 N–H and O–H groups in total. The minimum Gasteiger partial charge on any atom is -0.549 e. The first-order chi connectivity index (χ1) is 14.5. The molecule has 0 unspecified atom stereocenters. The van der Waals surface area contributed by atoms with E-state index in [-0.39, 0.29) is 50.6 Å². The zero-order valence-corrected chi connectivity index (χ0v) is 22.0. The van der Waals surface area contributed by atoms with Crippen LogP contribution in [-0.2, 0) is 9.59 Å². The first kappa shape index (κ1) is 36.7. The summed E-state index contributed by atoms with van der Waals surface area (Å²) in [4.78, 5) is 23.4. The fourth-order valence-electron chi connectivity index (χ4n) is 4.27. The van der Waals surface area contributed by atoms with Crippen LogP contribution in [0.15, 0.2) is 0 Å². The molecule has 0 aromatic carbocycles. The van der Waals surface area contributed by atoms with Crippen molar-refractivity contribution in [2.75, 3.05) is 0 Å². The maximum absolute atomic E-state index is 11.7. The average Bonchev–Trinajstić information content (AvgIpc) is 2.71. The summed E-state index contributed by atoms with van der Waals surface area (Å²) in [6.07, 6.45) is 21.6. The van der Waals surface area contributed by atoms with Crippen LogP contribution in [0.2, 0.25) is 0 Å². The zero-order valence-electron chi connectivity index (χ0n) is 22.0. The van der Waals surface area contributed by atoms with Crippen LogP contribution in [0.4, 0.5) is 0 Å². The molecule has 32 heavy (non-hydrogen) atoms. The Morgan fingerprint density at radius 1 is 0.469 bits per heavy atom. The van der Waals surface area contributed by atoms with Gasteiger partial charge in [0.25, 0.3) is 0 Å². The Balaban J connectivity index is -0.00000420. The van der Waals surface area contributed by atoms with Gasteiger partial charge in [-0.25, -0.2) is 0 Å². The van der Waals surface area contributed by atoms with Crippen molar-refractivity contribution in [3.8, 4) is 0 Å². The molecule has 0 aliphatic rings. The van der Waals surface area contributed by atoms with E-state index < -0.39 is 17.4 Å². The van der Waals surface area contributed by atoms with E-state index in [0.29, 0.717) is 12.8 Å². The minimum atomic E-state index is -1.80. The molecule has 6 heteroatoms. The molecule has 0 fully saturated rings. The van der Waals surface area contributed by atoms with Gasteiger partial charge in [-0.2, -0.15) is 0 Å². The number of aliphatic carboxylic acids is 2. The normalized spacial score (nSPS) is 10.9. The van der Waals surface area contributed by atoms with E-state index in [1.54, 1.807) is 0 Å². The maximum atomic E-state index is 11.7. The SMILES string of the molecule is CCCCCCCCCCCCC(CCCCCCCCCCC)(C(=O)[O-])C(=O)[O-].[Li+].[Li+]. The predicted molar refractivity (Wildman–Crippen MR) is 121 cm³/mol. The average molecular weight is 439 g/mol. The van der Waals surface area contributed by atoms with E-state index in [9.17, 15) is 19.8 Å². The van der Waals surface area contributed by atoms with Crippen molar-refractivity contribution in [3.63, 3.8) is 0 Å². The van der Waals surface area contributed by atoms with E-state index in [1.165, 1.54) is 70.6 Å². The third-order valence-electron chi connectivity index (χ3n) is 6.45. The summed E-state index contributed by atoms with van der Waals surface area (Å²) >= 11 is 0. The Morgan fingerprint density at radius 2 is 0.688 bits per heavy atom. The van der Waals surface area contributed by atoms with Gasteiger partial charge in [0.05, 0.1) is 11.9 Å². The first-order valence-electron chi connectivity index (χ1n) is 12.9. The number of carbonyl (C=O) groups is 2. The number of hydrogen-bond donors (Lipinski definition) is 0. The second-order valence-electron chi connectivity index (χ2n) is 9.17. The third-order valence-corrected chi connectivity index (χ3v) is 6.45. The fraction of sp³-hybridized carbons (Fsp3) is 0.923. The molecule has 0 spiro atoms. The second-order valence-corrected chi connectivity index (χ2v) is 9.17. The number of unbranched alkanes of at least 4 members (excludes halogenated alkanes) is 17. The van der Waals surface area contributed by atoms with Crippen molar-refractivity contribution in [2.24, 2.45) is 5.41 Å². The monoisotopic (exact) mass is 438 g/mol. The van der Waals surface area contributed by atoms with Crippen molar-refractivity contribution in [3.05, 3.63) is 0 Å². The van der Waals surface area contributed by atoms with Gasteiger partial charge in [-0.05, 0) is 12.8 Å². The topological polar surface area (TPSA) is 80.3 Å². The fourth-order valence-corrected chi connectivity index (χ4v) is 4.27. The summed E-state index contributed by atoms with van der Waals surface area (Å²) in [5.74, 6) is -2.92. The standard InChI is InChI=1S/C26H50O4.2Li/c1-3-5-7-9-11-13-15-17-19-21-23-26(24(27)28,25(29)30)22-20-18-16-14-12-10-8-6-4-2;;/h3-23H2,1-2H3,(H,27,28)(H,29,30);;/q;2*+1/p-2. The Labute approximate surface area is 222 Å². The van der Waals surface area contributed by atoms with Crippen molar-refractivity contribution >= 4 is 11.9 Å². The molecule has 0 aromatic heterocycles. The zero-order chi connectivity index (χ0) is 22.5. The predicted octanol–water partition coefficient (Wildman–Crippen LogP) is -0.287. The molecule has 178 valence electrons.